The molecule has 0 fully saturated rings. The van der Waals surface area contributed by atoms with Gasteiger partial charge in [0.1, 0.15) is 0 Å². The molecular weight excluding hydrogens is 254 g/mol. The SMILES string of the molecule is CCCCN(CCCC)c1cccc(-c2ccccc2)c1. The molecule has 0 radical (unpaired) electrons. The van der Waals surface area contributed by atoms with Crippen LogP contribution in [0.5, 0.6) is 0 Å². The third-order valence-electron chi connectivity index (χ3n) is 3.88. The molecule has 0 atom stereocenters. The molecule has 0 heterocycles. The van der Waals surface area contributed by atoms with Gasteiger partial charge in [-0.25, -0.2) is 0 Å². The van der Waals surface area contributed by atoms with Crippen molar-refractivity contribution >= 4 is 5.69 Å². The largest absolute Gasteiger partial charge is 0.372 e. The Balaban J connectivity index is 2.20. The van der Waals surface area contributed by atoms with Crippen LogP contribution in [0.3, 0.4) is 0 Å². The van der Waals surface area contributed by atoms with Crippen molar-refractivity contribution in [3.8, 4) is 11.1 Å². The fourth-order valence-corrected chi connectivity index (χ4v) is 2.58. The third kappa shape index (κ3) is 4.63. The molecule has 0 N–H and O–H groups in total. The van der Waals surface area contributed by atoms with Gasteiger partial charge in [0.05, 0.1) is 0 Å². The molecule has 0 amide bonds. The molecule has 2 aromatic carbocycles. The second-order valence-electron chi connectivity index (χ2n) is 5.61. The van der Waals surface area contributed by atoms with Crippen LogP contribution in [0.15, 0.2) is 54.6 Å². The highest BCUT2D eigenvalue weighted by Gasteiger charge is 2.07. The minimum atomic E-state index is 1.16. The predicted octanol–water partition coefficient (Wildman–Crippen LogP) is 5.76. The van der Waals surface area contributed by atoms with Crippen LogP contribution in [-0.2, 0) is 0 Å². The lowest BCUT2D eigenvalue weighted by Gasteiger charge is -2.25. The van der Waals surface area contributed by atoms with Crippen molar-refractivity contribution in [3.63, 3.8) is 0 Å². The molecule has 0 saturated heterocycles. The Morgan fingerprint density at radius 3 is 1.95 bits per heavy atom. The first-order valence-electron chi connectivity index (χ1n) is 8.25. The molecule has 0 bridgehead atoms. The number of hydrogen-bond acceptors (Lipinski definition) is 1. The smallest absolute Gasteiger partial charge is 0.0372 e. The molecule has 1 heteroatoms. The van der Waals surface area contributed by atoms with E-state index in [1.165, 1.54) is 42.5 Å². The average Bonchev–Trinajstić information content (AvgIpc) is 2.56. The van der Waals surface area contributed by atoms with Crippen molar-refractivity contribution in [1.82, 2.24) is 0 Å². The second-order valence-corrected chi connectivity index (χ2v) is 5.61. The zero-order valence-electron chi connectivity index (χ0n) is 13.4. The van der Waals surface area contributed by atoms with E-state index >= 15 is 0 Å². The number of rotatable bonds is 8. The summed E-state index contributed by atoms with van der Waals surface area (Å²) >= 11 is 0. The van der Waals surface area contributed by atoms with Crippen LogP contribution in [-0.4, -0.2) is 13.1 Å². The summed E-state index contributed by atoms with van der Waals surface area (Å²) < 4.78 is 0. The lowest BCUT2D eigenvalue weighted by molar-refractivity contribution is 0.678. The average molecular weight is 281 g/mol. The number of hydrogen-bond donors (Lipinski definition) is 0. The Morgan fingerprint density at radius 1 is 0.714 bits per heavy atom. The molecule has 0 aliphatic rings. The molecule has 0 aliphatic carbocycles. The molecule has 0 unspecified atom stereocenters. The van der Waals surface area contributed by atoms with Gasteiger partial charge in [-0.1, -0.05) is 69.2 Å². The fraction of sp³-hybridized carbons (Fsp3) is 0.400. The molecule has 21 heavy (non-hydrogen) atoms. The Bertz CT molecular complexity index is 510. The van der Waals surface area contributed by atoms with E-state index in [0.717, 1.165) is 13.1 Å². The van der Waals surface area contributed by atoms with E-state index in [0.29, 0.717) is 0 Å². The first-order valence-corrected chi connectivity index (χ1v) is 8.25. The van der Waals surface area contributed by atoms with Crippen molar-refractivity contribution in [2.24, 2.45) is 0 Å². The van der Waals surface area contributed by atoms with E-state index < -0.39 is 0 Å². The summed E-state index contributed by atoms with van der Waals surface area (Å²) in [5.74, 6) is 0. The van der Waals surface area contributed by atoms with E-state index in [4.69, 9.17) is 0 Å². The van der Waals surface area contributed by atoms with Gasteiger partial charge in [0.2, 0.25) is 0 Å². The zero-order valence-corrected chi connectivity index (χ0v) is 13.4. The summed E-state index contributed by atoms with van der Waals surface area (Å²) in [6, 6.07) is 19.6. The summed E-state index contributed by atoms with van der Waals surface area (Å²) in [5, 5.41) is 0. The van der Waals surface area contributed by atoms with Crippen LogP contribution in [0.4, 0.5) is 5.69 Å². The molecule has 2 aromatic rings. The first-order chi connectivity index (χ1) is 10.3. The lowest BCUT2D eigenvalue weighted by Crippen LogP contribution is -2.25. The van der Waals surface area contributed by atoms with Crippen LogP contribution in [0.1, 0.15) is 39.5 Å². The summed E-state index contributed by atoms with van der Waals surface area (Å²) in [4.78, 5) is 2.54. The Labute approximate surface area is 129 Å². The van der Waals surface area contributed by atoms with Crippen molar-refractivity contribution in [1.29, 1.82) is 0 Å². The van der Waals surface area contributed by atoms with Crippen molar-refractivity contribution in [2.45, 2.75) is 39.5 Å². The quantitative estimate of drug-likeness (QED) is 0.594. The summed E-state index contributed by atoms with van der Waals surface area (Å²) in [7, 11) is 0. The van der Waals surface area contributed by atoms with Crippen molar-refractivity contribution < 1.29 is 0 Å². The maximum atomic E-state index is 2.54. The fourth-order valence-electron chi connectivity index (χ4n) is 2.58. The maximum absolute atomic E-state index is 2.54. The van der Waals surface area contributed by atoms with Crippen LogP contribution in [0.2, 0.25) is 0 Å². The highest BCUT2D eigenvalue weighted by Crippen LogP contribution is 2.25. The molecule has 1 nitrogen and oxygen atoms in total. The highest BCUT2D eigenvalue weighted by atomic mass is 15.1. The Morgan fingerprint density at radius 2 is 1.33 bits per heavy atom. The molecule has 2 rings (SSSR count). The van der Waals surface area contributed by atoms with Crippen LogP contribution in [0.25, 0.3) is 11.1 Å². The number of nitrogens with zero attached hydrogens (tertiary/aromatic N) is 1. The summed E-state index contributed by atoms with van der Waals surface area (Å²) in [5.41, 5.74) is 3.97. The van der Waals surface area contributed by atoms with Crippen molar-refractivity contribution in [2.75, 3.05) is 18.0 Å². The highest BCUT2D eigenvalue weighted by molar-refractivity contribution is 5.68. The van der Waals surface area contributed by atoms with Gasteiger partial charge in [0, 0.05) is 18.8 Å². The predicted molar refractivity (Wildman–Crippen MR) is 93.9 cm³/mol. The van der Waals surface area contributed by atoms with Gasteiger partial charge >= 0.3 is 0 Å². The molecule has 0 spiro atoms. The molecule has 0 saturated carbocycles. The summed E-state index contributed by atoms with van der Waals surface area (Å²) in [6.07, 6.45) is 5.03. The van der Waals surface area contributed by atoms with E-state index in [2.05, 4.69) is 73.3 Å². The van der Waals surface area contributed by atoms with Crippen LogP contribution >= 0.6 is 0 Å². The van der Waals surface area contributed by atoms with E-state index in [1.54, 1.807) is 0 Å². The Hall–Kier alpha value is -1.76. The van der Waals surface area contributed by atoms with Gasteiger partial charge in [-0.05, 0) is 36.1 Å². The van der Waals surface area contributed by atoms with Gasteiger partial charge in [-0.15, -0.1) is 0 Å². The molecule has 112 valence electrons. The van der Waals surface area contributed by atoms with E-state index in [9.17, 15) is 0 Å². The third-order valence-corrected chi connectivity index (χ3v) is 3.88. The number of unbranched alkanes of at least 4 members (excludes halogenated alkanes) is 2. The number of anilines is 1. The second kappa shape index (κ2) is 8.51. The topological polar surface area (TPSA) is 3.24 Å². The molecule has 0 aromatic heterocycles. The zero-order chi connectivity index (χ0) is 14.9. The normalized spacial score (nSPS) is 10.6. The van der Waals surface area contributed by atoms with Gasteiger partial charge in [-0.2, -0.15) is 0 Å². The monoisotopic (exact) mass is 281 g/mol. The van der Waals surface area contributed by atoms with Gasteiger partial charge < -0.3 is 4.90 Å². The maximum Gasteiger partial charge on any atom is 0.0372 e. The molecular formula is C20H27N. The van der Waals surface area contributed by atoms with Gasteiger partial charge in [0.25, 0.3) is 0 Å². The van der Waals surface area contributed by atoms with Gasteiger partial charge in [-0.3, -0.25) is 0 Å². The molecule has 0 aliphatic heterocycles. The van der Waals surface area contributed by atoms with E-state index in [1.807, 2.05) is 0 Å². The Kier molecular flexibility index (Phi) is 6.33. The van der Waals surface area contributed by atoms with Crippen molar-refractivity contribution in [3.05, 3.63) is 54.6 Å². The number of benzene rings is 2. The minimum absolute atomic E-state index is 1.16. The van der Waals surface area contributed by atoms with E-state index in [-0.39, 0.29) is 0 Å². The van der Waals surface area contributed by atoms with Crippen LogP contribution in [0, 0.1) is 0 Å². The lowest BCUT2D eigenvalue weighted by atomic mass is 10.0. The first kappa shape index (κ1) is 15.6. The standard InChI is InChI=1S/C20H27N/c1-3-5-15-21(16-6-4-2)20-14-10-13-19(17-20)18-11-8-7-9-12-18/h7-14,17H,3-6,15-16H2,1-2H3. The van der Waals surface area contributed by atoms with Gasteiger partial charge in [0.15, 0.2) is 0 Å². The van der Waals surface area contributed by atoms with Crippen LogP contribution < -0.4 is 4.90 Å². The minimum Gasteiger partial charge on any atom is -0.372 e. The summed E-state index contributed by atoms with van der Waals surface area (Å²) in [6.45, 7) is 6.85.